The Bertz CT molecular complexity index is 1470. The number of nitrogens with one attached hydrogen (secondary N) is 1. The van der Waals surface area contributed by atoms with Crippen LogP contribution in [0.15, 0.2) is 30.5 Å². The molecule has 250 valence electrons. The molecule has 1 aromatic heterocycles. The summed E-state index contributed by atoms with van der Waals surface area (Å²) in [6.45, 7) is 13.4. The number of carbonyl (C=O) groups excluding carboxylic acids is 1. The summed E-state index contributed by atoms with van der Waals surface area (Å²) in [7, 11) is 2.23. The molecule has 0 unspecified atom stereocenters. The van der Waals surface area contributed by atoms with Crippen LogP contribution in [-0.2, 0) is 25.7 Å². The zero-order valence-corrected chi connectivity index (χ0v) is 29.8. The van der Waals surface area contributed by atoms with Gasteiger partial charge in [-0.05, 0) is 85.6 Å². The summed E-state index contributed by atoms with van der Waals surface area (Å²) in [5.41, 5.74) is 4.10. The Balaban J connectivity index is 1.44. The topological polar surface area (TPSA) is 108 Å². The van der Waals surface area contributed by atoms with Crippen LogP contribution in [-0.4, -0.2) is 68.8 Å². The highest BCUT2D eigenvalue weighted by Gasteiger charge is 2.55. The van der Waals surface area contributed by atoms with Crippen LogP contribution in [0.1, 0.15) is 92.2 Å². The van der Waals surface area contributed by atoms with Crippen molar-refractivity contribution in [3.63, 3.8) is 0 Å². The first-order valence-corrected chi connectivity index (χ1v) is 20.4. The number of methoxy groups -OCH3 is 2. The average Bonchev–Trinajstić information content (AvgIpc) is 3.53. The molecule has 0 saturated carbocycles. The van der Waals surface area contributed by atoms with E-state index in [0.29, 0.717) is 19.8 Å². The van der Waals surface area contributed by atoms with Gasteiger partial charge in [0.2, 0.25) is 5.82 Å². The number of rotatable bonds is 13. The maximum atomic E-state index is 13.8. The molecule has 2 bridgehead atoms. The first-order chi connectivity index (χ1) is 21.8. The summed E-state index contributed by atoms with van der Waals surface area (Å²) in [6.07, 6.45) is 10.6. The van der Waals surface area contributed by atoms with Crippen LogP contribution in [0.5, 0.6) is 0 Å². The third kappa shape index (κ3) is 8.00. The predicted molar refractivity (Wildman–Crippen MR) is 183 cm³/mol. The number of amides is 1. The van der Waals surface area contributed by atoms with Gasteiger partial charge in [0.1, 0.15) is 12.8 Å². The molecule has 46 heavy (non-hydrogen) atoms. The number of imidazole rings is 1. The summed E-state index contributed by atoms with van der Waals surface area (Å²) < 4.78 is 25.6. The van der Waals surface area contributed by atoms with E-state index in [-0.39, 0.29) is 46.7 Å². The normalized spacial score (nSPS) is 25.6. The number of ether oxygens (including phenoxy) is 4. The van der Waals surface area contributed by atoms with Crippen molar-refractivity contribution in [2.24, 2.45) is 5.41 Å². The van der Waals surface area contributed by atoms with Crippen LogP contribution >= 0.6 is 0 Å². The van der Waals surface area contributed by atoms with Gasteiger partial charge in [0.05, 0.1) is 24.4 Å². The number of hydrogen-bond donors (Lipinski definition) is 1. The van der Waals surface area contributed by atoms with Crippen molar-refractivity contribution in [1.82, 2.24) is 9.55 Å². The number of benzene rings is 1. The fourth-order valence-corrected chi connectivity index (χ4v) is 8.09. The Labute approximate surface area is 275 Å². The molecule has 1 amide bonds. The summed E-state index contributed by atoms with van der Waals surface area (Å²) >= 11 is 0. The predicted octanol–water partition coefficient (Wildman–Crippen LogP) is 7.37. The van der Waals surface area contributed by atoms with Gasteiger partial charge in [-0.25, -0.2) is 4.98 Å². The van der Waals surface area contributed by atoms with Crippen LogP contribution in [0.3, 0.4) is 0 Å². The van der Waals surface area contributed by atoms with E-state index in [1.54, 1.807) is 25.0 Å². The molecule has 3 aliphatic rings. The number of aromatic nitrogens is 2. The van der Waals surface area contributed by atoms with Gasteiger partial charge in [-0.1, -0.05) is 45.6 Å². The second-order valence-corrected chi connectivity index (χ2v) is 21.3. The Morgan fingerprint density at radius 3 is 2.41 bits per heavy atom. The Morgan fingerprint density at radius 1 is 1.13 bits per heavy atom. The Kier molecular flexibility index (Phi) is 10.3. The smallest absolute Gasteiger partial charge is 0.291 e. The Morgan fingerprint density at radius 2 is 1.83 bits per heavy atom. The maximum Gasteiger partial charge on any atom is 0.291 e. The lowest BCUT2D eigenvalue weighted by Crippen LogP contribution is -2.48. The van der Waals surface area contributed by atoms with Crippen molar-refractivity contribution >= 4 is 25.2 Å². The molecule has 1 N–H and O–H groups in total. The first kappa shape index (κ1) is 34.5. The molecular weight excluding hydrogens is 597 g/mol. The molecule has 2 fully saturated rings. The minimum atomic E-state index is -1.26. The largest absolute Gasteiger partial charge is 0.382 e. The van der Waals surface area contributed by atoms with E-state index in [1.807, 2.05) is 6.07 Å². The number of allylic oxidation sites excluding steroid dienone is 2. The molecule has 2 saturated heterocycles. The second kappa shape index (κ2) is 13.7. The molecule has 10 heteroatoms. The van der Waals surface area contributed by atoms with Crippen molar-refractivity contribution in [1.29, 1.82) is 5.26 Å². The fraction of sp³-hybridized carbons (Fsp3) is 0.639. The van der Waals surface area contributed by atoms with Crippen LogP contribution in [0.2, 0.25) is 25.7 Å². The van der Waals surface area contributed by atoms with Crippen molar-refractivity contribution in [3.8, 4) is 6.07 Å². The third-order valence-electron chi connectivity index (χ3n) is 9.92. The molecule has 1 aromatic carbocycles. The first-order valence-electron chi connectivity index (χ1n) is 16.7. The van der Waals surface area contributed by atoms with Crippen molar-refractivity contribution in [2.75, 3.05) is 39.4 Å². The summed E-state index contributed by atoms with van der Waals surface area (Å²) in [4.78, 5) is 18.1. The number of nitrogens with zero attached hydrogens (tertiary/aromatic N) is 3. The fourth-order valence-electron chi connectivity index (χ4n) is 7.34. The maximum absolute atomic E-state index is 13.8. The van der Waals surface area contributed by atoms with E-state index in [4.69, 9.17) is 18.9 Å². The molecule has 3 heterocycles. The van der Waals surface area contributed by atoms with Gasteiger partial charge in [-0.3, -0.25) is 4.79 Å². The van der Waals surface area contributed by atoms with Crippen LogP contribution in [0, 0.1) is 16.7 Å². The lowest BCUT2D eigenvalue weighted by molar-refractivity contribution is -0.184. The minimum absolute atomic E-state index is 0.169. The lowest BCUT2D eigenvalue weighted by Gasteiger charge is -2.44. The van der Waals surface area contributed by atoms with Gasteiger partial charge in [0, 0.05) is 46.3 Å². The molecule has 9 nitrogen and oxygen atoms in total. The SMILES string of the molecule is COC[C@@]12CC[C@@](COC)(C[C@H](c3ccc(NC(=O)c4nc(C#N)cn4COCC[Si](C)(C)C)c(C4=CCC(C)(C)CC4)c3)C1)O2. The highest BCUT2D eigenvalue weighted by atomic mass is 28.3. The highest BCUT2D eigenvalue weighted by Crippen LogP contribution is 2.54. The van der Waals surface area contributed by atoms with Gasteiger partial charge in [0.15, 0.2) is 5.69 Å². The molecule has 0 radical (unpaired) electrons. The number of hydrogen-bond acceptors (Lipinski definition) is 7. The van der Waals surface area contributed by atoms with Gasteiger partial charge >= 0.3 is 0 Å². The van der Waals surface area contributed by atoms with E-state index in [9.17, 15) is 10.1 Å². The molecular formula is C36H52N4O5Si. The summed E-state index contributed by atoms with van der Waals surface area (Å²) in [5, 5.41) is 12.7. The summed E-state index contributed by atoms with van der Waals surface area (Å²) in [5.74, 6) is 0.0849. The van der Waals surface area contributed by atoms with Crippen LogP contribution in [0.4, 0.5) is 5.69 Å². The van der Waals surface area contributed by atoms with E-state index < -0.39 is 8.07 Å². The van der Waals surface area contributed by atoms with Gasteiger partial charge in [0.25, 0.3) is 5.91 Å². The third-order valence-corrected chi connectivity index (χ3v) is 11.6. The van der Waals surface area contributed by atoms with E-state index >= 15 is 0 Å². The lowest BCUT2D eigenvalue weighted by atomic mass is 9.75. The molecule has 2 aromatic rings. The van der Waals surface area contributed by atoms with Crippen LogP contribution in [0.25, 0.3) is 5.57 Å². The second-order valence-electron chi connectivity index (χ2n) is 15.7. The van der Waals surface area contributed by atoms with E-state index in [2.05, 4.69) is 68.1 Å². The Hall–Kier alpha value is -2.81. The van der Waals surface area contributed by atoms with E-state index in [1.165, 1.54) is 11.1 Å². The molecule has 5 rings (SSSR count). The van der Waals surface area contributed by atoms with Gasteiger partial charge in [-0.2, -0.15) is 5.26 Å². The highest BCUT2D eigenvalue weighted by molar-refractivity contribution is 6.76. The number of anilines is 1. The van der Waals surface area contributed by atoms with Crippen LogP contribution < -0.4 is 5.32 Å². The minimum Gasteiger partial charge on any atom is -0.382 e. The standard InChI is InChI=1S/C36H52N4O5Si/c1-34(2)12-10-26(11-13-34)30-18-27(28-19-35(23-42-3)14-15-36(20-28,45-35)24-43-4)8-9-31(30)39-33(41)32-38-29(21-37)22-40(32)25-44-16-17-46(5,6)7/h8-10,18,22,28H,11-17,19-20,23-25H2,1-7H3,(H,39,41)/t28-,35-,36+. The number of nitriles is 1. The molecule has 1 aliphatic carbocycles. The van der Waals surface area contributed by atoms with Crippen molar-refractivity contribution in [2.45, 2.75) is 108 Å². The average molecular weight is 649 g/mol. The quantitative estimate of drug-likeness (QED) is 0.178. The molecule has 2 aliphatic heterocycles. The van der Waals surface area contributed by atoms with Gasteiger partial charge < -0.3 is 28.8 Å². The molecule has 3 atom stereocenters. The van der Waals surface area contributed by atoms with E-state index in [0.717, 1.165) is 62.2 Å². The monoisotopic (exact) mass is 648 g/mol. The van der Waals surface area contributed by atoms with Gasteiger partial charge in [-0.15, -0.1) is 0 Å². The summed E-state index contributed by atoms with van der Waals surface area (Å²) in [6, 6.07) is 9.56. The number of carbonyl (C=O) groups is 1. The molecule has 0 spiro atoms. The number of fused-ring (bicyclic) bond motifs is 2. The van der Waals surface area contributed by atoms with Crippen molar-refractivity contribution in [3.05, 3.63) is 53.1 Å². The zero-order valence-electron chi connectivity index (χ0n) is 28.8. The van der Waals surface area contributed by atoms with Crippen molar-refractivity contribution < 1.29 is 23.7 Å². The zero-order chi connectivity index (χ0) is 33.2.